The smallest absolute Gasteiger partial charge is 0.337 e. The molecule has 0 aromatic heterocycles. The van der Waals surface area contributed by atoms with Gasteiger partial charge in [0.1, 0.15) is 10.6 Å². The summed E-state index contributed by atoms with van der Waals surface area (Å²) in [6, 6.07) is 4.30. The van der Waals surface area contributed by atoms with Crippen LogP contribution in [0.2, 0.25) is 0 Å². The van der Waals surface area contributed by atoms with Crippen molar-refractivity contribution in [3.8, 4) is 5.75 Å². The van der Waals surface area contributed by atoms with E-state index in [4.69, 9.17) is 4.74 Å². The van der Waals surface area contributed by atoms with Crippen LogP contribution in [0.4, 0.5) is 0 Å². The van der Waals surface area contributed by atoms with Crippen LogP contribution < -0.4 is 4.74 Å². The maximum atomic E-state index is 13.0. The Morgan fingerprint density at radius 3 is 2.30 bits per heavy atom. The topological polar surface area (TPSA) is 72.9 Å². The van der Waals surface area contributed by atoms with Crippen LogP contribution in [-0.4, -0.2) is 46.0 Å². The molecule has 0 aliphatic carbocycles. The fourth-order valence-corrected chi connectivity index (χ4v) is 4.93. The number of ether oxygens (including phenoxy) is 2. The fourth-order valence-electron chi connectivity index (χ4n) is 3.06. The third-order valence-electron chi connectivity index (χ3n) is 4.04. The third-order valence-corrected chi connectivity index (χ3v) is 5.89. The quantitative estimate of drug-likeness (QED) is 0.785. The van der Waals surface area contributed by atoms with Gasteiger partial charge in [0.2, 0.25) is 10.0 Å². The SMILES string of the molecule is COC(=O)c1ccc(OC)c(S(=O)(=O)N2C[C@H](C)C[C@H](C)C2)c1. The van der Waals surface area contributed by atoms with Crippen molar-refractivity contribution < 1.29 is 22.7 Å². The van der Waals surface area contributed by atoms with Crippen LogP contribution in [0.25, 0.3) is 0 Å². The highest BCUT2D eigenvalue weighted by atomic mass is 32.2. The van der Waals surface area contributed by atoms with Crippen molar-refractivity contribution >= 4 is 16.0 Å². The molecule has 0 radical (unpaired) electrons. The van der Waals surface area contributed by atoms with E-state index in [2.05, 4.69) is 4.74 Å². The Bertz CT molecular complexity index is 676. The monoisotopic (exact) mass is 341 g/mol. The van der Waals surface area contributed by atoms with Gasteiger partial charge in [0, 0.05) is 13.1 Å². The first kappa shape index (κ1) is 17.7. The summed E-state index contributed by atoms with van der Waals surface area (Å²) in [7, 11) is -1.07. The van der Waals surface area contributed by atoms with E-state index in [0.29, 0.717) is 24.9 Å². The normalized spacial score (nSPS) is 22.6. The zero-order valence-electron chi connectivity index (χ0n) is 13.9. The average Bonchev–Trinajstić information content (AvgIpc) is 2.52. The second kappa shape index (κ2) is 6.88. The van der Waals surface area contributed by atoms with Crippen molar-refractivity contribution in [2.45, 2.75) is 25.2 Å². The summed E-state index contributed by atoms with van der Waals surface area (Å²) < 4.78 is 37.4. The molecule has 0 spiro atoms. The minimum atomic E-state index is -3.73. The number of esters is 1. The van der Waals surface area contributed by atoms with E-state index >= 15 is 0 Å². The molecule has 6 nitrogen and oxygen atoms in total. The largest absolute Gasteiger partial charge is 0.495 e. The molecule has 23 heavy (non-hydrogen) atoms. The first-order chi connectivity index (χ1) is 10.8. The molecule has 0 bridgehead atoms. The van der Waals surface area contributed by atoms with E-state index in [1.807, 2.05) is 13.8 Å². The van der Waals surface area contributed by atoms with Crippen molar-refractivity contribution in [3.63, 3.8) is 0 Å². The number of methoxy groups -OCH3 is 2. The van der Waals surface area contributed by atoms with E-state index in [1.54, 1.807) is 0 Å². The summed E-state index contributed by atoms with van der Waals surface area (Å²) in [4.78, 5) is 11.7. The summed E-state index contributed by atoms with van der Waals surface area (Å²) >= 11 is 0. The van der Waals surface area contributed by atoms with Gasteiger partial charge in [-0.15, -0.1) is 0 Å². The molecule has 1 aromatic carbocycles. The molecule has 128 valence electrons. The average molecular weight is 341 g/mol. The van der Waals surface area contributed by atoms with Crippen molar-refractivity contribution in [1.82, 2.24) is 4.31 Å². The molecule has 0 N–H and O–H groups in total. The summed E-state index contributed by atoms with van der Waals surface area (Å²) in [5.41, 5.74) is 0.185. The van der Waals surface area contributed by atoms with Gasteiger partial charge in [-0.2, -0.15) is 4.31 Å². The molecule has 1 aliphatic rings. The maximum absolute atomic E-state index is 13.0. The summed E-state index contributed by atoms with van der Waals surface area (Å²) in [5.74, 6) is 0.236. The standard InChI is InChI=1S/C16H23NO5S/c1-11-7-12(2)10-17(9-11)23(19,20)15-8-13(16(18)22-4)5-6-14(15)21-3/h5-6,8,11-12H,7,9-10H2,1-4H3/t11-,12+. The number of sulfonamides is 1. The molecule has 1 heterocycles. The molecule has 1 fully saturated rings. The highest BCUT2D eigenvalue weighted by Crippen LogP contribution is 2.32. The molecule has 0 amide bonds. The summed E-state index contributed by atoms with van der Waals surface area (Å²) in [6.07, 6.45) is 1.01. The predicted molar refractivity (Wildman–Crippen MR) is 86.0 cm³/mol. The number of rotatable bonds is 4. The number of carbonyl (C=O) groups is 1. The number of benzene rings is 1. The molecule has 2 rings (SSSR count). The van der Waals surface area contributed by atoms with E-state index < -0.39 is 16.0 Å². The van der Waals surface area contributed by atoms with Gasteiger partial charge in [0.15, 0.2) is 0 Å². The van der Waals surface area contributed by atoms with Crippen LogP contribution >= 0.6 is 0 Å². The van der Waals surface area contributed by atoms with Gasteiger partial charge in [-0.05, 0) is 36.5 Å². The Morgan fingerprint density at radius 1 is 1.17 bits per heavy atom. The molecule has 1 saturated heterocycles. The fraction of sp³-hybridized carbons (Fsp3) is 0.562. The van der Waals surface area contributed by atoms with Crippen molar-refractivity contribution in [2.24, 2.45) is 11.8 Å². The highest BCUT2D eigenvalue weighted by Gasteiger charge is 2.34. The van der Waals surface area contributed by atoms with Crippen LogP contribution in [0.3, 0.4) is 0 Å². The van der Waals surface area contributed by atoms with Crippen molar-refractivity contribution in [2.75, 3.05) is 27.3 Å². The van der Waals surface area contributed by atoms with E-state index in [9.17, 15) is 13.2 Å². The highest BCUT2D eigenvalue weighted by molar-refractivity contribution is 7.89. The molecule has 0 unspecified atom stereocenters. The molecule has 1 aliphatic heterocycles. The first-order valence-corrected chi connectivity index (χ1v) is 9.00. The molecule has 7 heteroatoms. The Kier molecular flexibility index (Phi) is 5.31. The lowest BCUT2D eigenvalue weighted by Crippen LogP contribution is -2.42. The second-order valence-electron chi connectivity index (χ2n) is 6.13. The minimum Gasteiger partial charge on any atom is -0.495 e. The number of hydrogen-bond donors (Lipinski definition) is 0. The van der Waals surface area contributed by atoms with Crippen LogP contribution in [0, 0.1) is 11.8 Å². The Hall–Kier alpha value is -1.60. The van der Waals surface area contributed by atoms with Gasteiger partial charge in [-0.3, -0.25) is 0 Å². The first-order valence-electron chi connectivity index (χ1n) is 7.56. The van der Waals surface area contributed by atoms with Gasteiger partial charge in [-0.25, -0.2) is 13.2 Å². The summed E-state index contributed by atoms with van der Waals surface area (Å²) in [6.45, 7) is 5.02. The Labute approximate surface area is 137 Å². The van der Waals surface area contributed by atoms with Gasteiger partial charge in [-0.1, -0.05) is 13.8 Å². The molecule has 1 aromatic rings. The molecular weight excluding hydrogens is 318 g/mol. The predicted octanol–water partition coefficient (Wildman–Crippen LogP) is 2.15. The zero-order chi connectivity index (χ0) is 17.2. The van der Waals surface area contributed by atoms with Gasteiger partial charge < -0.3 is 9.47 Å². The van der Waals surface area contributed by atoms with Crippen LogP contribution in [0.1, 0.15) is 30.6 Å². The second-order valence-corrected chi connectivity index (χ2v) is 8.03. The van der Waals surface area contributed by atoms with E-state index in [1.165, 1.54) is 36.7 Å². The number of piperidine rings is 1. The van der Waals surface area contributed by atoms with Crippen LogP contribution in [0.15, 0.2) is 23.1 Å². The number of hydrogen-bond acceptors (Lipinski definition) is 5. The lowest BCUT2D eigenvalue weighted by Gasteiger charge is -2.34. The minimum absolute atomic E-state index is 0.00389. The van der Waals surface area contributed by atoms with Crippen LogP contribution in [0.5, 0.6) is 5.75 Å². The Balaban J connectivity index is 2.47. The van der Waals surface area contributed by atoms with Gasteiger partial charge in [0.05, 0.1) is 19.8 Å². The lowest BCUT2D eigenvalue weighted by atomic mass is 9.94. The molecule has 0 saturated carbocycles. The van der Waals surface area contributed by atoms with E-state index in [-0.39, 0.29) is 16.2 Å². The zero-order valence-corrected chi connectivity index (χ0v) is 14.7. The summed E-state index contributed by atoms with van der Waals surface area (Å²) in [5, 5.41) is 0. The maximum Gasteiger partial charge on any atom is 0.337 e. The third kappa shape index (κ3) is 3.67. The Morgan fingerprint density at radius 2 is 1.78 bits per heavy atom. The molecular formula is C16H23NO5S. The number of nitrogens with zero attached hydrogens (tertiary/aromatic N) is 1. The van der Waals surface area contributed by atoms with Crippen LogP contribution in [-0.2, 0) is 14.8 Å². The van der Waals surface area contributed by atoms with Gasteiger partial charge >= 0.3 is 5.97 Å². The van der Waals surface area contributed by atoms with Crippen molar-refractivity contribution in [3.05, 3.63) is 23.8 Å². The van der Waals surface area contributed by atoms with E-state index in [0.717, 1.165) is 6.42 Å². The lowest BCUT2D eigenvalue weighted by molar-refractivity contribution is 0.0600. The molecule has 2 atom stereocenters. The number of carbonyl (C=O) groups excluding carboxylic acids is 1. The van der Waals surface area contributed by atoms with Gasteiger partial charge in [0.25, 0.3) is 0 Å². The van der Waals surface area contributed by atoms with Crippen molar-refractivity contribution in [1.29, 1.82) is 0 Å².